The predicted octanol–water partition coefficient (Wildman–Crippen LogP) is 4.44. The minimum atomic E-state index is 0.103. The summed E-state index contributed by atoms with van der Waals surface area (Å²) in [5.41, 5.74) is 9.45. The second-order valence-corrected chi connectivity index (χ2v) is 10.4. The van der Waals surface area contributed by atoms with Crippen LogP contribution in [0.2, 0.25) is 0 Å². The van der Waals surface area contributed by atoms with Crippen LogP contribution in [-0.4, -0.2) is 53.1 Å². The molecule has 8 heteroatoms. The van der Waals surface area contributed by atoms with Crippen molar-refractivity contribution in [2.24, 2.45) is 5.73 Å². The van der Waals surface area contributed by atoms with Gasteiger partial charge in [0.2, 0.25) is 0 Å². The Bertz CT molecular complexity index is 1310. The summed E-state index contributed by atoms with van der Waals surface area (Å²) in [6.07, 6.45) is 1.84. The van der Waals surface area contributed by atoms with Crippen LogP contribution < -0.4 is 16.0 Å². The molecule has 1 saturated heterocycles. The molecule has 0 unspecified atom stereocenters. The summed E-state index contributed by atoms with van der Waals surface area (Å²) in [5, 5.41) is 4.63. The number of fused-ring (bicyclic) bond motifs is 1. The van der Waals surface area contributed by atoms with Gasteiger partial charge < -0.3 is 20.9 Å². The summed E-state index contributed by atoms with van der Waals surface area (Å²) in [5.74, 6) is 2.49. The molecule has 0 bridgehead atoms. The molecule has 7 nitrogen and oxygen atoms in total. The third-order valence-corrected chi connectivity index (χ3v) is 7.39. The summed E-state index contributed by atoms with van der Waals surface area (Å²) >= 11 is 1.83. The van der Waals surface area contributed by atoms with E-state index in [1.54, 1.807) is 0 Å². The summed E-state index contributed by atoms with van der Waals surface area (Å²) in [6, 6.07) is 15.5. The van der Waals surface area contributed by atoms with Crippen molar-refractivity contribution in [2.45, 2.75) is 32.5 Å². The lowest BCUT2D eigenvalue weighted by molar-refractivity contribution is 0.403. The second kappa shape index (κ2) is 9.29. The lowest BCUT2D eigenvalue weighted by Crippen LogP contribution is -2.56. The Kier molecular flexibility index (Phi) is 6.20. The standard InChI is InChI=1S/C26H31N7S/c1-16(23-9-10-24(34-23)20-8-6-5-7-18(20)13-32(3)4)29-26-21-11-25(33-14-19(27)15-33)28-12-22(21)30-17(2)31-26/h5-12,16,19H,13-15,27H2,1-4H3,(H,29,30,31)/t16-/m0/s1. The van der Waals surface area contributed by atoms with Crippen LogP contribution in [-0.2, 0) is 6.54 Å². The Balaban J connectivity index is 1.42. The van der Waals surface area contributed by atoms with Crippen LogP contribution in [0, 0.1) is 6.92 Å². The highest BCUT2D eigenvalue weighted by Gasteiger charge is 2.25. The van der Waals surface area contributed by atoms with Gasteiger partial charge in [-0.05, 0) is 57.3 Å². The normalized spacial score (nSPS) is 15.1. The fourth-order valence-electron chi connectivity index (χ4n) is 4.37. The Morgan fingerprint density at radius 3 is 2.74 bits per heavy atom. The molecule has 3 aromatic heterocycles. The molecule has 0 saturated carbocycles. The third-order valence-electron chi connectivity index (χ3n) is 6.09. The lowest BCUT2D eigenvalue weighted by atomic mass is 10.1. The predicted molar refractivity (Wildman–Crippen MR) is 141 cm³/mol. The third kappa shape index (κ3) is 4.61. The van der Waals surface area contributed by atoms with E-state index in [4.69, 9.17) is 10.7 Å². The smallest absolute Gasteiger partial charge is 0.138 e. The molecule has 1 aliphatic rings. The van der Waals surface area contributed by atoms with Crippen LogP contribution in [0.15, 0.2) is 48.7 Å². The SMILES string of the molecule is Cc1nc(N[C@@H](C)c2ccc(-c3ccccc3CN(C)C)s2)c2cc(N3CC(N)C3)ncc2n1. The minimum absolute atomic E-state index is 0.103. The Hall–Kier alpha value is -3.07. The molecule has 0 amide bonds. The van der Waals surface area contributed by atoms with Gasteiger partial charge in [0.1, 0.15) is 17.5 Å². The molecule has 3 N–H and O–H groups in total. The van der Waals surface area contributed by atoms with Gasteiger partial charge in [-0.1, -0.05) is 24.3 Å². The van der Waals surface area contributed by atoms with E-state index in [9.17, 15) is 0 Å². The van der Waals surface area contributed by atoms with Crippen LogP contribution in [0.5, 0.6) is 0 Å². The molecule has 1 aliphatic heterocycles. The van der Waals surface area contributed by atoms with E-state index in [0.717, 1.165) is 48.0 Å². The van der Waals surface area contributed by atoms with Crippen molar-refractivity contribution in [3.8, 4) is 10.4 Å². The maximum Gasteiger partial charge on any atom is 0.138 e. The summed E-state index contributed by atoms with van der Waals surface area (Å²) in [7, 11) is 4.21. The van der Waals surface area contributed by atoms with E-state index >= 15 is 0 Å². The molecule has 0 radical (unpaired) electrons. The molecule has 5 rings (SSSR count). The highest BCUT2D eigenvalue weighted by Crippen LogP contribution is 2.35. The molecule has 176 valence electrons. The molecule has 0 spiro atoms. The van der Waals surface area contributed by atoms with Crippen LogP contribution in [0.4, 0.5) is 11.6 Å². The van der Waals surface area contributed by atoms with Gasteiger partial charge in [0.05, 0.1) is 17.8 Å². The number of nitrogens with zero attached hydrogens (tertiary/aromatic N) is 5. The molecular formula is C26H31N7S. The van der Waals surface area contributed by atoms with E-state index < -0.39 is 0 Å². The fourth-order valence-corrected chi connectivity index (χ4v) is 5.44. The number of hydrogen-bond donors (Lipinski definition) is 2. The van der Waals surface area contributed by atoms with Crippen molar-refractivity contribution in [1.29, 1.82) is 0 Å². The second-order valence-electron chi connectivity index (χ2n) is 9.31. The van der Waals surface area contributed by atoms with Crippen LogP contribution in [0.3, 0.4) is 0 Å². The maximum atomic E-state index is 5.97. The number of nitrogens with one attached hydrogen (secondary N) is 1. The highest BCUT2D eigenvalue weighted by atomic mass is 32.1. The Morgan fingerprint density at radius 1 is 1.18 bits per heavy atom. The molecule has 1 atom stereocenters. The van der Waals surface area contributed by atoms with Crippen LogP contribution in [0.25, 0.3) is 21.3 Å². The number of rotatable bonds is 7. The molecule has 4 aromatic rings. The van der Waals surface area contributed by atoms with Gasteiger partial charge in [0.25, 0.3) is 0 Å². The van der Waals surface area contributed by atoms with Crippen molar-refractivity contribution in [3.63, 3.8) is 0 Å². The molecular weight excluding hydrogens is 442 g/mol. The zero-order valence-corrected chi connectivity index (χ0v) is 20.9. The fraction of sp³-hybridized carbons (Fsp3) is 0.346. The molecule has 34 heavy (non-hydrogen) atoms. The number of aryl methyl sites for hydroxylation is 1. The largest absolute Gasteiger partial charge is 0.362 e. The number of nitrogens with two attached hydrogens (primary N) is 1. The average molecular weight is 474 g/mol. The van der Waals surface area contributed by atoms with E-state index in [-0.39, 0.29) is 12.1 Å². The number of anilines is 2. The van der Waals surface area contributed by atoms with Crippen LogP contribution >= 0.6 is 11.3 Å². The van der Waals surface area contributed by atoms with Gasteiger partial charge >= 0.3 is 0 Å². The first-order chi connectivity index (χ1) is 16.4. The van der Waals surface area contributed by atoms with E-state index in [0.29, 0.717) is 0 Å². The van der Waals surface area contributed by atoms with Crippen molar-refractivity contribution in [3.05, 3.63) is 64.9 Å². The van der Waals surface area contributed by atoms with Gasteiger partial charge in [0, 0.05) is 40.8 Å². The van der Waals surface area contributed by atoms with Crippen molar-refractivity contribution < 1.29 is 0 Å². The molecule has 1 aromatic carbocycles. The number of benzene rings is 1. The van der Waals surface area contributed by atoms with Crippen molar-refractivity contribution in [2.75, 3.05) is 37.4 Å². The topological polar surface area (TPSA) is 83.2 Å². The quantitative estimate of drug-likeness (QED) is 0.410. The molecule has 1 fully saturated rings. The summed E-state index contributed by atoms with van der Waals surface area (Å²) < 4.78 is 0. The first-order valence-electron chi connectivity index (χ1n) is 11.6. The van der Waals surface area contributed by atoms with E-state index in [1.807, 2.05) is 24.5 Å². The Labute approximate surface area is 204 Å². The summed E-state index contributed by atoms with van der Waals surface area (Å²) in [6.45, 7) is 6.68. The first-order valence-corrected chi connectivity index (χ1v) is 12.4. The number of hydrogen-bond acceptors (Lipinski definition) is 8. The minimum Gasteiger partial charge on any atom is -0.362 e. The first kappa shape index (κ1) is 22.7. The maximum absolute atomic E-state index is 5.97. The zero-order chi connectivity index (χ0) is 23.8. The highest BCUT2D eigenvalue weighted by molar-refractivity contribution is 7.15. The van der Waals surface area contributed by atoms with Gasteiger partial charge in [0.15, 0.2) is 0 Å². The Morgan fingerprint density at radius 2 is 1.97 bits per heavy atom. The van der Waals surface area contributed by atoms with E-state index in [2.05, 4.69) is 88.6 Å². The van der Waals surface area contributed by atoms with Crippen LogP contribution in [0.1, 0.15) is 29.2 Å². The molecule has 0 aliphatic carbocycles. The average Bonchev–Trinajstić information content (AvgIpc) is 3.27. The summed E-state index contributed by atoms with van der Waals surface area (Å²) in [4.78, 5) is 20.9. The number of thiophene rings is 1. The van der Waals surface area contributed by atoms with Gasteiger partial charge in [-0.3, -0.25) is 0 Å². The molecule has 4 heterocycles. The van der Waals surface area contributed by atoms with Crippen molar-refractivity contribution >= 4 is 33.9 Å². The van der Waals surface area contributed by atoms with Gasteiger partial charge in [-0.25, -0.2) is 15.0 Å². The van der Waals surface area contributed by atoms with Crippen molar-refractivity contribution in [1.82, 2.24) is 19.9 Å². The lowest BCUT2D eigenvalue weighted by Gasteiger charge is -2.37. The van der Waals surface area contributed by atoms with Gasteiger partial charge in [-0.2, -0.15) is 0 Å². The zero-order valence-electron chi connectivity index (χ0n) is 20.1. The number of pyridine rings is 1. The van der Waals surface area contributed by atoms with E-state index in [1.165, 1.54) is 20.9 Å². The number of aromatic nitrogens is 3. The monoisotopic (exact) mass is 473 g/mol. The van der Waals surface area contributed by atoms with Gasteiger partial charge in [-0.15, -0.1) is 11.3 Å².